The third-order valence-corrected chi connectivity index (χ3v) is 2.67. The van der Waals surface area contributed by atoms with Crippen molar-refractivity contribution >= 4 is 0 Å². The standard InChI is InChI=1S/C13H25N3O2/c1-13(2,3)12-10(8-16(4)15-12)6-14-7-11(17)9-18-5/h8,11,14,17H,6-7,9H2,1-5H3. The summed E-state index contributed by atoms with van der Waals surface area (Å²) in [7, 11) is 3.51. The molecule has 0 aliphatic rings. The highest BCUT2D eigenvalue weighted by Gasteiger charge is 2.21. The second-order valence-electron chi connectivity index (χ2n) is 5.67. The number of ether oxygens (including phenoxy) is 1. The summed E-state index contributed by atoms with van der Waals surface area (Å²) in [5.74, 6) is 0. The van der Waals surface area contributed by atoms with E-state index in [4.69, 9.17) is 4.74 Å². The summed E-state index contributed by atoms with van der Waals surface area (Å²) in [5.41, 5.74) is 2.30. The fraction of sp³-hybridized carbons (Fsp3) is 0.769. The molecule has 0 saturated carbocycles. The lowest BCUT2D eigenvalue weighted by molar-refractivity contribution is 0.0644. The van der Waals surface area contributed by atoms with Gasteiger partial charge in [0.15, 0.2) is 0 Å². The molecule has 1 heterocycles. The molecule has 0 amide bonds. The lowest BCUT2D eigenvalue weighted by atomic mass is 9.89. The van der Waals surface area contributed by atoms with Crippen LogP contribution in [-0.2, 0) is 23.7 Å². The zero-order valence-electron chi connectivity index (χ0n) is 12.0. The van der Waals surface area contributed by atoms with Crippen LogP contribution in [0.3, 0.4) is 0 Å². The number of nitrogens with zero attached hydrogens (tertiary/aromatic N) is 2. The molecule has 5 heteroatoms. The van der Waals surface area contributed by atoms with E-state index in [2.05, 4.69) is 31.2 Å². The molecule has 1 unspecified atom stereocenters. The Morgan fingerprint density at radius 3 is 2.72 bits per heavy atom. The van der Waals surface area contributed by atoms with Crippen molar-refractivity contribution in [1.29, 1.82) is 0 Å². The maximum Gasteiger partial charge on any atom is 0.0897 e. The van der Waals surface area contributed by atoms with Gasteiger partial charge < -0.3 is 15.2 Å². The van der Waals surface area contributed by atoms with Gasteiger partial charge in [-0.1, -0.05) is 20.8 Å². The Morgan fingerprint density at radius 1 is 1.50 bits per heavy atom. The van der Waals surface area contributed by atoms with Gasteiger partial charge in [-0.05, 0) is 0 Å². The van der Waals surface area contributed by atoms with Crippen LogP contribution in [0.25, 0.3) is 0 Å². The molecule has 0 fully saturated rings. The van der Waals surface area contributed by atoms with Crippen molar-refractivity contribution in [3.05, 3.63) is 17.5 Å². The molecule has 1 rings (SSSR count). The number of methoxy groups -OCH3 is 1. The molecule has 0 bridgehead atoms. The maximum absolute atomic E-state index is 9.55. The predicted octanol–water partition coefficient (Wildman–Crippen LogP) is 0.815. The number of rotatable bonds is 6. The summed E-state index contributed by atoms with van der Waals surface area (Å²) < 4.78 is 6.72. The predicted molar refractivity (Wildman–Crippen MR) is 71.5 cm³/mol. The first-order valence-electron chi connectivity index (χ1n) is 6.25. The summed E-state index contributed by atoms with van der Waals surface area (Å²) in [6.45, 7) is 8.04. The lowest BCUT2D eigenvalue weighted by Crippen LogP contribution is -2.30. The molecule has 18 heavy (non-hydrogen) atoms. The van der Waals surface area contributed by atoms with Gasteiger partial charge in [0.1, 0.15) is 0 Å². The van der Waals surface area contributed by atoms with E-state index >= 15 is 0 Å². The minimum absolute atomic E-state index is 0.0312. The van der Waals surface area contributed by atoms with Crippen molar-refractivity contribution in [2.75, 3.05) is 20.3 Å². The first kappa shape index (κ1) is 15.1. The molecule has 0 radical (unpaired) electrons. The van der Waals surface area contributed by atoms with Gasteiger partial charge >= 0.3 is 0 Å². The Kier molecular flexibility index (Phi) is 5.31. The van der Waals surface area contributed by atoms with Crippen molar-refractivity contribution in [3.8, 4) is 0 Å². The van der Waals surface area contributed by atoms with Gasteiger partial charge in [0.2, 0.25) is 0 Å². The van der Waals surface area contributed by atoms with Crippen LogP contribution in [0.4, 0.5) is 0 Å². The van der Waals surface area contributed by atoms with E-state index in [0.717, 1.165) is 5.69 Å². The zero-order chi connectivity index (χ0) is 13.8. The second kappa shape index (κ2) is 6.31. The first-order chi connectivity index (χ1) is 8.34. The topological polar surface area (TPSA) is 59.3 Å². The van der Waals surface area contributed by atoms with Gasteiger partial charge in [0.25, 0.3) is 0 Å². The van der Waals surface area contributed by atoms with E-state index in [9.17, 15) is 5.11 Å². The average molecular weight is 255 g/mol. The largest absolute Gasteiger partial charge is 0.389 e. The summed E-state index contributed by atoms with van der Waals surface area (Å²) in [5, 5.41) is 17.3. The van der Waals surface area contributed by atoms with Gasteiger partial charge in [-0.25, -0.2) is 0 Å². The molecule has 5 nitrogen and oxygen atoms in total. The van der Waals surface area contributed by atoms with Crippen molar-refractivity contribution < 1.29 is 9.84 Å². The number of aliphatic hydroxyl groups excluding tert-OH is 1. The SMILES string of the molecule is COCC(O)CNCc1cn(C)nc1C(C)(C)C. The highest BCUT2D eigenvalue weighted by molar-refractivity contribution is 5.23. The molecule has 1 atom stereocenters. The fourth-order valence-electron chi connectivity index (χ4n) is 1.92. The maximum atomic E-state index is 9.55. The van der Waals surface area contributed by atoms with E-state index in [1.165, 1.54) is 5.56 Å². The average Bonchev–Trinajstić information content (AvgIpc) is 2.60. The van der Waals surface area contributed by atoms with Gasteiger partial charge in [-0.3, -0.25) is 4.68 Å². The van der Waals surface area contributed by atoms with Crippen LogP contribution in [0.5, 0.6) is 0 Å². The third kappa shape index (κ3) is 4.40. The van der Waals surface area contributed by atoms with E-state index in [1.54, 1.807) is 7.11 Å². The van der Waals surface area contributed by atoms with E-state index in [1.807, 2.05) is 17.9 Å². The van der Waals surface area contributed by atoms with Gasteiger partial charge in [-0.2, -0.15) is 5.10 Å². The Labute approximate surface area is 109 Å². The molecule has 0 aromatic carbocycles. The Bertz CT molecular complexity index is 369. The number of hydrogen-bond donors (Lipinski definition) is 2. The lowest BCUT2D eigenvalue weighted by Gasteiger charge is -2.18. The number of aryl methyl sites for hydroxylation is 1. The zero-order valence-corrected chi connectivity index (χ0v) is 12.0. The highest BCUT2D eigenvalue weighted by atomic mass is 16.5. The summed E-state index contributed by atoms with van der Waals surface area (Å²) in [4.78, 5) is 0. The third-order valence-electron chi connectivity index (χ3n) is 2.67. The van der Waals surface area contributed by atoms with Crippen LogP contribution in [0.1, 0.15) is 32.0 Å². The molecule has 0 aliphatic carbocycles. The highest BCUT2D eigenvalue weighted by Crippen LogP contribution is 2.23. The second-order valence-corrected chi connectivity index (χ2v) is 5.67. The normalized spacial score (nSPS) is 13.9. The Hall–Kier alpha value is -0.910. The molecule has 1 aromatic heterocycles. The van der Waals surface area contributed by atoms with Gasteiger partial charge in [0, 0.05) is 44.4 Å². The Morgan fingerprint density at radius 2 is 2.17 bits per heavy atom. The van der Waals surface area contributed by atoms with Crippen LogP contribution < -0.4 is 5.32 Å². The van der Waals surface area contributed by atoms with E-state index in [-0.39, 0.29) is 5.41 Å². The van der Waals surface area contributed by atoms with E-state index < -0.39 is 6.10 Å². The molecular weight excluding hydrogens is 230 g/mol. The van der Waals surface area contributed by atoms with Crippen molar-refractivity contribution in [1.82, 2.24) is 15.1 Å². The van der Waals surface area contributed by atoms with Gasteiger partial charge in [0.05, 0.1) is 18.4 Å². The molecule has 0 spiro atoms. The molecule has 1 aromatic rings. The van der Waals surface area contributed by atoms with Crippen molar-refractivity contribution in [2.24, 2.45) is 7.05 Å². The molecule has 104 valence electrons. The minimum Gasteiger partial charge on any atom is -0.389 e. The monoisotopic (exact) mass is 255 g/mol. The summed E-state index contributed by atoms with van der Waals surface area (Å²) in [6.07, 6.45) is 1.56. The molecule has 2 N–H and O–H groups in total. The van der Waals surface area contributed by atoms with Gasteiger partial charge in [-0.15, -0.1) is 0 Å². The van der Waals surface area contributed by atoms with Crippen LogP contribution in [-0.4, -0.2) is 41.3 Å². The van der Waals surface area contributed by atoms with E-state index in [0.29, 0.717) is 19.7 Å². The van der Waals surface area contributed by atoms with Crippen LogP contribution >= 0.6 is 0 Å². The fourth-order valence-corrected chi connectivity index (χ4v) is 1.92. The molecule has 0 aliphatic heterocycles. The minimum atomic E-state index is -0.468. The summed E-state index contributed by atoms with van der Waals surface area (Å²) >= 11 is 0. The van der Waals surface area contributed by atoms with Crippen molar-refractivity contribution in [2.45, 2.75) is 38.8 Å². The Balaban J connectivity index is 2.57. The quantitative estimate of drug-likeness (QED) is 0.790. The molecule has 0 saturated heterocycles. The van der Waals surface area contributed by atoms with Crippen LogP contribution in [0.15, 0.2) is 6.20 Å². The van der Waals surface area contributed by atoms with Crippen molar-refractivity contribution in [3.63, 3.8) is 0 Å². The van der Waals surface area contributed by atoms with Crippen LogP contribution in [0, 0.1) is 0 Å². The summed E-state index contributed by atoms with van der Waals surface area (Å²) in [6, 6.07) is 0. The number of nitrogens with one attached hydrogen (secondary N) is 1. The number of aliphatic hydroxyl groups is 1. The van der Waals surface area contributed by atoms with Crippen LogP contribution in [0.2, 0.25) is 0 Å². The number of aromatic nitrogens is 2. The molecular formula is C13H25N3O2. The first-order valence-corrected chi connectivity index (χ1v) is 6.25. The smallest absolute Gasteiger partial charge is 0.0897 e. The number of hydrogen-bond acceptors (Lipinski definition) is 4.